The third kappa shape index (κ3) is 5.30. The zero-order valence-corrected chi connectivity index (χ0v) is 18.8. The van der Waals surface area contributed by atoms with Crippen LogP contribution in [0.1, 0.15) is 28.7 Å². The Morgan fingerprint density at radius 1 is 0.970 bits per heavy atom. The van der Waals surface area contributed by atoms with Crippen LogP contribution in [0.2, 0.25) is 0 Å². The lowest BCUT2D eigenvalue weighted by Crippen LogP contribution is -2.10. The molecule has 5 nitrogen and oxygen atoms in total. The van der Waals surface area contributed by atoms with Gasteiger partial charge in [0.1, 0.15) is 5.82 Å². The minimum absolute atomic E-state index is 0.0528. The number of hydrogen-bond acceptors (Lipinski definition) is 4. The second-order valence-electron chi connectivity index (χ2n) is 8.43. The summed E-state index contributed by atoms with van der Waals surface area (Å²) in [6, 6.07) is 20.3. The fourth-order valence-electron chi connectivity index (χ4n) is 3.94. The summed E-state index contributed by atoms with van der Waals surface area (Å²) in [5, 5.41) is 20.6. The van der Waals surface area contributed by atoms with E-state index in [-0.39, 0.29) is 18.3 Å². The molecular formula is C27H28FN3O2. The second-order valence-corrected chi connectivity index (χ2v) is 8.43. The van der Waals surface area contributed by atoms with E-state index in [4.69, 9.17) is 10.1 Å². The molecular weight excluding hydrogens is 417 g/mol. The minimum atomic E-state index is -0.376. The lowest BCUT2D eigenvalue weighted by atomic mass is 9.98. The van der Waals surface area contributed by atoms with E-state index in [9.17, 15) is 9.50 Å². The average molecular weight is 446 g/mol. The van der Waals surface area contributed by atoms with Gasteiger partial charge in [-0.2, -0.15) is 0 Å². The number of fused-ring (bicyclic) bond motifs is 1. The fourth-order valence-corrected chi connectivity index (χ4v) is 3.94. The van der Waals surface area contributed by atoms with Gasteiger partial charge < -0.3 is 20.1 Å². The van der Waals surface area contributed by atoms with E-state index < -0.39 is 0 Å². The molecule has 3 N–H and O–H groups in total. The van der Waals surface area contributed by atoms with Crippen LogP contribution in [0.3, 0.4) is 0 Å². The zero-order chi connectivity index (χ0) is 23.4. The SMILES string of the molecule is CN(C)Cc1ccc(N=C(c2ccc(CCCO)cc2)c2c(O)[nH]c3cc(F)ccc23)cc1. The van der Waals surface area contributed by atoms with Crippen LogP contribution >= 0.6 is 0 Å². The highest BCUT2D eigenvalue weighted by molar-refractivity contribution is 6.21. The van der Waals surface area contributed by atoms with Crippen molar-refractivity contribution in [2.45, 2.75) is 19.4 Å². The quantitative estimate of drug-likeness (QED) is 0.328. The van der Waals surface area contributed by atoms with Crippen LogP contribution in [0, 0.1) is 5.82 Å². The van der Waals surface area contributed by atoms with Gasteiger partial charge in [0.25, 0.3) is 0 Å². The van der Waals surface area contributed by atoms with Crippen molar-refractivity contribution in [3.63, 3.8) is 0 Å². The summed E-state index contributed by atoms with van der Waals surface area (Å²) in [7, 11) is 4.05. The number of aliphatic hydroxyl groups is 1. The Kier molecular flexibility index (Phi) is 6.87. The summed E-state index contributed by atoms with van der Waals surface area (Å²) < 4.78 is 13.8. The van der Waals surface area contributed by atoms with Crippen LogP contribution in [0.25, 0.3) is 10.9 Å². The third-order valence-electron chi connectivity index (χ3n) is 5.50. The van der Waals surface area contributed by atoms with Crippen molar-refractivity contribution in [2.75, 3.05) is 20.7 Å². The highest BCUT2D eigenvalue weighted by atomic mass is 19.1. The van der Waals surface area contributed by atoms with Crippen LogP contribution in [0.15, 0.2) is 71.7 Å². The highest BCUT2D eigenvalue weighted by Crippen LogP contribution is 2.32. The van der Waals surface area contributed by atoms with E-state index in [1.807, 2.05) is 62.6 Å². The summed E-state index contributed by atoms with van der Waals surface area (Å²) in [4.78, 5) is 9.88. The number of nitrogens with zero attached hydrogens (tertiary/aromatic N) is 2. The van der Waals surface area contributed by atoms with Gasteiger partial charge in [-0.1, -0.05) is 36.4 Å². The van der Waals surface area contributed by atoms with E-state index >= 15 is 0 Å². The molecule has 4 aromatic rings. The lowest BCUT2D eigenvalue weighted by Gasteiger charge is -2.11. The van der Waals surface area contributed by atoms with Crippen LogP contribution in [-0.2, 0) is 13.0 Å². The summed E-state index contributed by atoms with van der Waals surface area (Å²) in [5.74, 6) is -0.429. The van der Waals surface area contributed by atoms with E-state index in [2.05, 4.69) is 9.88 Å². The van der Waals surface area contributed by atoms with Gasteiger partial charge in [-0.3, -0.25) is 0 Å². The van der Waals surface area contributed by atoms with Gasteiger partial charge in [0.2, 0.25) is 0 Å². The van der Waals surface area contributed by atoms with Crippen molar-refractivity contribution in [3.8, 4) is 5.88 Å². The molecule has 0 atom stereocenters. The summed E-state index contributed by atoms with van der Waals surface area (Å²) in [5.41, 5.74) is 5.53. The molecule has 0 aliphatic heterocycles. The summed E-state index contributed by atoms with van der Waals surface area (Å²) in [6.07, 6.45) is 1.49. The zero-order valence-electron chi connectivity index (χ0n) is 18.8. The number of rotatable bonds is 8. The van der Waals surface area contributed by atoms with Crippen molar-refractivity contribution in [1.82, 2.24) is 9.88 Å². The first kappa shape index (κ1) is 22.7. The van der Waals surface area contributed by atoms with Crippen molar-refractivity contribution in [3.05, 3.63) is 94.8 Å². The van der Waals surface area contributed by atoms with Gasteiger partial charge in [0.15, 0.2) is 5.88 Å². The number of aryl methyl sites for hydroxylation is 1. The standard InChI is InChI=1S/C27H28FN3O2/c1-31(2)17-19-7-12-22(13-8-19)29-26(20-9-5-18(6-10-20)4-3-15-32)25-23-14-11-21(28)16-24(23)30-27(25)33/h5-14,16,30,32-33H,3-4,15,17H2,1-2H3. The largest absolute Gasteiger partial charge is 0.494 e. The number of benzene rings is 3. The molecule has 170 valence electrons. The molecule has 0 radical (unpaired) electrons. The topological polar surface area (TPSA) is 71.8 Å². The maximum absolute atomic E-state index is 13.8. The summed E-state index contributed by atoms with van der Waals surface area (Å²) in [6.45, 7) is 0.985. The molecule has 0 amide bonds. The number of aromatic hydroxyl groups is 1. The maximum Gasteiger partial charge on any atom is 0.199 e. The Labute approximate surface area is 192 Å². The Balaban J connectivity index is 1.81. The monoisotopic (exact) mass is 445 g/mol. The van der Waals surface area contributed by atoms with E-state index in [0.717, 1.165) is 29.8 Å². The first-order valence-electron chi connectivity index (χ1n) is 11.0. The molecule has 0 unspecified atom stereocenters. The van der Waals surface area contributed by atoms with Gasteiger partial charge in [-0.05, 0) is 68.4 Å². The smallest absolute Gasteiger partial charge is 0.199 e. The number of halogens is 1. The normalized spacial score (nSPS) is 12.1. The van der Waals surface area contributed by atoms with Gasteiger partial charge in [0, 0.05) is 24.1 Å². The summed E-state index contributed by atoms with van der Waals surface area (Å²) >= 11 is 0. The fraction of sp³-hybridized carbons (Fsp3) is 0.222. The molecule has 0 aliphatic carbocycles. The van der Waals surface area contributed by atoms with Crippen LogP contribution in [0.4, 0.5) is 10.1 Å². The number of aromatic nitrogens is 1. The molecule has 0 spiro atoms. The van der Waals surface area contributed by atoms with Crippen LogP contribution in [0.5, 0.6) is 5.88 Å². The molecule has 4 rings (SSSR count). The average Bonchev–Trinajstić information content (AvgIpc) is 3.11. The number of aromatic amines is 1. The molecule has 1 heterocycles. The molecule has 0 aliphatic rings. The minimum Gasteiger partial charge on any atom is -0.494 e. The molecule has 6 heteroatoms. The molecule has 33 heavy (non-hydrogen) atoms. The number of aliphatic imine (C=N–C) groups is 1. The Morgan fingerprint density at radius 2 is 1.67 bits per heavy atom. The molecule has 0 saturated heterocycles. The van der Waals surface area contributed by atoms with Crippen molar-refractivity contribution < 1.29 is 14.6 Å². The van der Waals surface area contributed by atoms with Crippen LogP contribution in [-0.4, -0.2) is 46.5 Å². The Hall–Kier alpha value is -3.48. The predicted octanol–water partition coefficient (Wildman–Crippen LogP) is 5.17. The highest BCUT2D eigenvalue weighted by Gasteiger charge is 2.19. The maximum atomic E-state index is 13.8. The Morgan fingerprint density at radius 3 is 2.33 bits per heavy atom. The number of aliphatic hydroxyl groups excluding tert-OH is 1. The lowest BCUT2D eigenvalue weighted by molar-refractivity contribution is 0.288. The van der Waals surface area contributed by atoms with Crippen LogP contribution < -0.4 is 0 Å². The third-order valence-corrected chi connectivity index (χ3v) is 5.50. The number of hydrogen-bond donors (Lipinski definition) is 3. The van der Waals surface area contributed by atoms with Gasteiger partial charge in [-0.25, -0.2) is 9.38 Å². The first-order chi connectivity index (χ1) is 15.9. The van der Waals surface area contributed by atoms with E-state index in [1.54, 1.807) is 6.07 Å². The molecule has 0 fully saturated rings. The van der Waals surface area contributed by atoms with Gasteiger partial charge >= 0.3 is 0 Å². The number of nitrogens with one attached hydrogen (secondary N) is 1. The van der Waals surface area contributed by atoms with Gasteiger partial charge in [-0.15, -0.1) is 0 Å². The van der Waals surface area contributed by atoms with E-state index in [1.165, 1.54) is 17.7 Å². The molecule has 0 saturated carbocycles. The Bertz CT molecular complexity index is 1260. The molecule has 1 aromatic heterocycles. The second kappa shape index (κ2) is 9.98. The molecule has 0 bridgehead atoms. The predicted molar refractivity (Wildman–Crippen MR) is 131 cm³/mol. The van der Waals surface area contributed by atoms with Gasteiger partial charge in [0.05, 0.1) is 22.5 Å². The number of H-pyrrole nitrogens is 1. The first-order valence-corrected chi connectivity index (χ1v) is 11.0. The molecule has 3 aromatic carbocycles. The van der Waals surface area contributed by atoms with Crippen molar-refractivity contribution in [1.29, 1.82) is 0 Å². The van der Waals surface area contributed by atoms with Crippen molar-refractivity contribution in [2.24, 2.45) is 4.99 Å². The van der Waals surface area contributed by atoms with E-state index in [0.29, 0.717) is 28.6 Å². The van der Waals surface area contributed by atoms with Crippen molar-refractivity contribution >= 4 is 22.3 Å².